The minimum absolute atomic E-state index is 0.0705. The first-order chi connectivity index (χ1) is 8.80. The van der Waals surface area contributed by atoms with Crippen molar-refractivity contribution in [2.75, 3.05) is 6.54 Å². The highest BCUT2D eigenvalue weighted by Gasteiger charge is 2.36. The molecular formula is C14H15Br3N2. The third-order valence-corrected chi connectivity index (χ3v) is 4.87. The Balaban J connectivity index is 2.57. The van der Waals surface area contributed by atoms with Crippen molar-refractivity contribution in [3.63, 3.8) is 0 Å². The van der Waals surface area contributed by atoms with Gasteiger partial charge in [0.05, 0.1) is 16.9 Å². The molecule has 0 aromatic carbocycles. The van der Waals surface area contributed by atoms with Crippen LogP contribution in [0.3, 0.4) is 0 Å². The van der Waals surface area contributed by atoms with Gasteiger partial charge in [-0.3, -0.25) is 4.99 Å². The molecule has 0 bridgehead atoms. The number of hydrogen-bond acceptors (Lipinski definition) is 2. The van der Waals surface area contributed by atoms with Crippen LogP contribution in [-0.4, -0.2) is 16.1 Å². The zero-order chi connectivity index (χ0) is 14.2. The highest BCUT2D eigenvalue weighted by atomic mass is 79.9. The summed E-state index contributed by atoms with van der Waals surface area (Å²) in [6.45, 7) is 7.32. The first-order valence-corrected chi connectivity index (χ1v) is 8.40. The fourth-order valence-electron chi connectivity index (χ4n) is 2.23. The lowest BCUT2D eigenvalue weighted by Crippen LogP contribution is -2.30. The van der Waals surface area contributed by atoms with Gasteiger partial charge in [-0.25, -0.2) is 4.98 Å². The van der Waals surface area contributed by atoms with Crippen LogP contribution in [0.15, 0.2) is 32.3 Å². The van der Waals surface area contributed by atoms with Crippen LogP contribution in [-0.2, 0) is 0 Å². The van der Waals surface area contributed by atoms with Gasteiger partial charge >= 0.3 is 0 Å². The van der Waals surface area contributed by atoms with Crippen LogP contribution >= 0.6 is 47.8 Å². The van der Waals surface area contributed by atoms with Crippen molar-refractivity contribution in [2.45, 2.75) is 20.8 Å². The first kappa shape index (κ1) is 15.4. The van der Waals surface area contributed by atoms with E-state index in [2.05, 4.69) is 78.5 Å². The van der Waals surface area contributed by atoms with E-state index in [4.69, 9.17) is 0 Å². The third kappa shape index (κ3) is 3.37. The summed E-state index contributed by atoms with van der Waals surface area (Å²) in [4.78, 5) is 9.14. The van der Waals surface area contributed by atoms with Gasteiger partial charge in [-0.1, -0.05) is 42.8 Å². The summed E-state index contributed by atoms with van der Waals surface area (Å²) in [7, 11) is 0. The van der Waals surface area contributed by atoms with Crippen LogP contribution in [0.4, 0.5) is 0 Å². The maximum atomic E-state index is 4.60. The highest BCUT2D eigenvalue weighted by Crippen LogP contribution is 2.44. The van der Waals surface area contributed by atoms with E-state index in [1.807, 2.05) is 18.2 Å². The second-order valence-electron chi connectivity index (χ2n) is 5.60. The minimum Gasteiger partial charge on any atom is -0.276 e. The molecule has 1 aliphatic heterocycles. The largest absolute Gasteiger partial charge is 0.276 e. The third-order valence-electron chi connectivity index (χ3n) is 3.05. The first-order valence-electron chi connectivity index (χ1n) is 6.02. The Morgan fingerprint density at radius 2 is 1.84 bits per heavy atom. The summed E-state index contributed by atoms with van der Waals surface area (Å²) < 4.78 is 2.96. The Hall–Kier alpha value is -0.000000000000000111. The van der Waals surface area contributed by atoms with E-state index in [1.165, 1.54) is 5.57 Å². The molecule has 5 heteroatoms. The molecule has 2 rings (SSSR count). The van der Waals surface area contributed by atoms with Gasteiger partial charge in [0.1, 0.15) is 4.60 Å². The van der Waals surface area contributed by atoms with Crippen LogP contribution in [0.5, 0.6) is 0 Å². The Morgan fingerprint density at radius 1 is 1.16 bits per heavy atom. The van der Waals surface area contributed by atoms with E-state index in [9.17, 15) is 0 Å². The average molecular weight is 451 g/mol. The maximum Gasteiger partial charge on any atom is 0.106 e. The molecule has 0 aliphatic carbocycles. The number of pyridine rings is 1. The van der Waals surface area contributed by atoms with E-state index in [0.717, 1.165) is 19.4 Å². The number of halogens is 3. The molecule has 102 valence electrons. The van der Waals surface area contributed by atoms with Gasteiger partial charge in [-0.15, -0.1) is 0 Å². The number of allylic oxidation sites excluding steroid dienone is 1. The topological polar surface area (TPSA) is 25.2 Å². The van der Waals surface area contributed by atoms with Gasteiger partial charge in [0.25, 0.3) is 0 Å². The molecule has 1 unspecified atom stereocenters. The predicted molar refractivity (Wildman–Crippen MR) is 92.0 cm³/mol. The lowest BCUT2D eigenvalue weighted by Gasteiger charge is -2.34. The monoisotopic (exact) mass is 448 g/mol. The standard InChI is InChI=1S/C14H15Br3N2/c1-14(2,3)12-11(8(15)7-18-13(12)17)9-5-4-6-10(16)19-9/h4-6,12H,7H2,1-3H3. The molecular weight excluding hydrogens is 436 g/mol. The van der Waals surface area contributed by atoms with Crippen molar-refractivity contribution in [2.24, 2.45) is 16.3 Å². The number of rotatable bonds is 1. The zero-order valence-electron chi connectivity index (χ0n) is 11.0. The van der Waals surface area contributed by atoms with Crippen molar-refractivity contribution < 1.29 is 0 Å². The van der Waals surface area contributed by atoms with Crippen molar-refractivity contribution in [3.8, 4) is 0 Å². The van der Waals surface area contributed by atoms with Crippen molar-refractivity contribution in [1.29, 1.82) is 0 Å². The SMILES string of the molecule is CC(C)(C)C1C(Br)=NCC(Br)=C1c1cccc(Br)n1. The van der Waals surface area contributed by atoms with Crippen LogP contribution in [0.1, 0.15) is 26.5 Å². The summed E-state index contributed by atoms with van der Waals surface area (Å²) in [5.41, 5.74) is 2.28. The maximum absolute atomic E-state index is 4.60. The number of aromatic nitrogens is 1. The van der Waals surface area contributed by atoms with Gasteiger partial charge in [-0.05, 0) is 55.0 Å². The van der Waals surface area contributed by atoms with E-state index in [-0.39, 0.29) is 11.3 Å². The van der Waals surface area contributed by atoms with Crippen molar-refractivity contribution in [1.82, 2.24) is 4.98 Å². The Labute approximate surface area is 139 Å². The molecule has 1 atom stereocenters. The average Bonchev–Trinajstić information content (AvgIpc) is 2.30. The molecule has 0 saturated heterocycles. The predicted octanol–water partition coefficient (Wildman–Crippen LogP) is 5.42. The van der Waals surface area contributed by atoms with Crippen LogP contribution in [0.25, 0.3) is 5.57 Å². The fourth-order valence-corrected chi connectivity index (χ4v) is 4.17. The Bertz CT molecular complexity index is 556. The summed E-state index contributed by atoms with van der Waals surface area (Å²) in [5, 5.41) is 0. The number of nitrogens with zero attached hydrogens (tertiary/aromatic N) is 2. The molecule has 0 amide bonds. The van der Waals surface area contributed by atoms with E-state index in [0.29, 0.717) is 6.54 Å². The van der Waals surface area contributed by atoms with Gasteiger partial charge < -0.3 is 0 Å². The van der Waals surface area contributed by atoms with Crippen LogP contribution in [0.2, 0.25) is 0 Å². The smallest absolute Gasteiger partial charge is 0.106 e. The summed E-state index contributed by atoms with van der Waals surface area (Å²) >= 11 is 10.7. The molecule has 0 saturated carbocycles. The van der Waals surface area contributed by atoms with E-state index >= 15 is 0 Å². The van der Waals surface area contributed by atoms with Gasteiger partial charge in [-0.2, -0.15) is 0 Å². The molecule has 0 fully saturated rings. The van der Waals surface area contributed by atoms with Gasteiger partial charge in [0.15, 0.2) is 0 Å². The molecule has 0 spiro atoms. The fraction of sp³-hybridized carbons (Fsp3) is 0.429. The van der Waals surface area contributed by atoms with Crippen LogP contribution in [0, 0.1) is 11.3 Å². The lowest BCUT2D eigenvalue weighted by atomic mass is 9.75. The quantitative estimate of drug-likeness (QED) is 0.524. The molecule has 2 heterocycles. The molecule has 1 aromatic rings. The molecule has 0 N–H and O–H groups in total. The lowest BCUT2D eigenvalue weighted by molar-refractivity contribution is 0.370. The molecule has 1 aromatic heterocycles. The summed E-state index contributed by atoms with van der Waals surface area (Å²) in [6.07, 6.45) is 0. The molecule has 1 aliphatic rings. The number of dihydropyridines is 1. The summed E-state index contributed by atoms with van der Waals surface area (Å²) in [6, 6.07) is 6.00. The normalized spacial score (nSPS) is 20.5. The molecule has 2 nitrogen and oxygen atoms in total. The Kier molecular flexibility index (Phi) is 4.68. The second kappa shape index (κ2) is 5.78. The molecule has 0 radical (unpaired) electrons. The van der Waals surface area contributed by atoms with Gasteiger partial charge in [0.2, 0.25) is 0 Å². The molecule has 19 heavy (non-hydrogen) atoms. The number of hydrogen-bond donors (Lipinski definition) is 0. The van der Waals surface area contributed by atoms with Crippen LogP contribution < -0.4 is 0 Å². The van der Waals surface area contributed by atoms with E-state index < -0.39 is 0 Å². The second-order valence-corrected chi connectivity index (χ2v) is 8.18. The van der Waals surface area contributed by atoms with Crippen molar-refractivity contribution >= 4 is 58.0 Å². The van der Waals surface area contributed by atoms with Crippen molar-refractivity contribution in [3.05, 3.63) is 33.0 Å². The zero-order valence-corrected chi connectivity index (χ0v) is 15.8. The van der Waals surface area contributed by atoms with Gasteiger partial charge in [0, 0.05) is 10.4 Å². The number of aliphatic imine (C=N–C) groups is 1. The Morgan fingerprint density at radius 3 is 2.42 bits per heavy atom. The minimum atomic E-state index is 0.0705. The summed E-state index contributed by atoms with van der Waals surface area (Å²) in [5.74, 6) is 0.206. The van der Waals surface area contributed by atoms with E-state index in [1.54, 1.807) is 0 Å². The highest BCUT2D eigenvalue weighted by molar-refractivity contribution is 9.18.